The molecule has 0 heterocycles. The number of hydrogen-bond acceptors (Lipinski definition) is 3. The maximum absolute atomic E-state index is 5.41. The van der Waals surface area contributed by atoms with Gasteiger partial charge in [0.2, 0.25) is 0 Å². The van der Waals surface area contributed by atoms with Gasteiger partial charge in [-0.15, -0.1) is 0 Å². The van der Waals surface area contributed by atoms with E-state index in [0.717, 1.165) is 13.1 Å². The quantitative estimate of drug-likeness (QED) is 0.555. The minimum Gasteiger partial charge on any atom is -0.329 e. The van der Waals surface area contributed by atoms with Crippen molar-refractivity contribution in [3.8, 4) is 0 Å². The Morgan fingerprint density at radius 2 is 1.80 bits per heavy atom. The fourth-order valence-electron chi connectivity index (χ4n) is 0.785. The van der Waals surface area contributed by atoms with E-state index in [1.165, 1.54) is 0 Å². The van der Waals surface area contributed by atoms with Crippen LogP contribution in [0.5, 0.6) is 0 Å². The lowest BCUT2D eigenvalue weighted by Gasteiger charge is -2.29. The zero-order valence-corrected chi connectivity index (χ0v) is 7.46. The molecule has 0 rings (SSSR count). The second-order valence-electron chi connectivity index (χ2n) is 2.86. The summed E-state index contributed by atoms with van der Waals surface area (Å²) >= 11 is 0. The van der Waals surface area contributed by atoms with Crippen LogP contribution in [0.4, 0.5) is 0 Å². The van der Waals surface area contributed by atoms with Crippen LogP contribution in [0.25, 0.3) is 0 Å². The van der Waals surface area contributed by atoms with Gasteiger partial charge in [0.05, 0.1) is 6.17 Å². The van der Waals surface area contributed by atoms with Crippen LogP contribution in [0.15, 0.2) is 0 Å². The van der Waals surface area contributed by atoms with Crippen molar-refractivity contribution >= 4 is 0 Å². The number of rotatable bonds is 4. The molecular formula is C7H19N3. The van der Waals surface area contributed by atoms with Crippen molar-refractivity contribution in [1.29, 1.82) is 0 Å². The van der Waals surface area contributed by atoms with Crippen LogP contribution < -0.4 is 5.73 Å². The van der Waals surface area contributed by atoms with Gasteiger partial charge < -0.3 is 5.73 Å². The molecule has 0 radical (unpaired) electrons. The summed E-state index contributed by atoms with van der Waals surface area (Å²) in [6.45, 7) is 3.85. The molecule has 1 unspecified atom stereocenters. The summed E-state index contributed by atoms with van der Waals surface area (Å²) in [4.78, 5) is 4.38. The molecule has 0 aliphatic carbocycles. The lowest BCUT2D eigenvalue weighted by atomic mass is 10.4. The van der Waals surface area contributed by atoms with Crippen molar-refractivity contribution in [2.75, 3.05) is 34.2 Å². The summed E-state index contributed by atoms with van der Waals surface area (Å²) in [6.07, 6.45) is 0.476. The van der Waals surface area contributed by atoms with Crippen molar-refractivity contribution in [1.82, 2.24) is 9.80 Å². The third-order valence-corrected chi connectivity index (χ3v) is 1.87. The summed E-state index contributed by atoms with van der Waals surface area (Å²) in [7, 11) is 6.22. The molecule has 0 amide bonds. The molecule has 0 aromatic heterocycles. The zero-order valence-electron chi connectivity index (χ0n) is 7.46. The maximum atomic E-state index is 5.41. The van der Waals surface area contributed by atoms with Crippen molar-refractivity contribution < 1.29 is 0 Å². The van der Waals surface area contributed by atoms with Crippen LogP contribution in [-0.2, 0) is 0 Å². The summed E-state index contributed by atoms with van der Waals surface area (Å²) in [6, 6.07) is 0. The zero-order chi connectivity index (χ0) is 8.15. The Bertz CT molecular complexity index is 82.9. The highest BCUT2D eigenvalue weighted by Crippen LogP contribution is 1.95. The monoisotopic (exact) mass is 145 g/mol. The highest BCUT2D eigenvalue weighted by atomic mass is 15.3. The second-order valence-corrected chi connectivity index (χ2v) is 2.86. The molecule has 3 nitrogen and oxygen atoms in total. The lowest BCUT2D eigenvalue weighted by Crippen LogP contribution is -2.42. The molecule has 10 heavy (non-hydrogen) atoms. The molecule has 0 fully saturated rings. The third kappa shape index (κ3) is 3.15. The Morgan fingerprint density at radius 1 is 1.30 bits per heavy atom. The molecule has 2 N–H and O–H groups in total. The van der Waals surface area contributed by atoms with Gasteiger partial charge in [-0.3, -0.25) is 9.80 Å². The highest BCUT2D eigenvalue weighted by molar-refractivity contribution is 4.59. The van der Waals surface area contributed by atoms with Gasteiger partial charge in [-0.05, 0) is 28.1 Å². The number of likely N-dealkylation sites (N-methyl/N-ethyl adjacent to an activating group) is 1. The Hall–Kier alpha value is -0.120. The first kappa shape index (κ1) is 9.88. The second kappa shape index (κ2) is 4.66. The van der Waals surface area contributed by atoms with E-state index in [4.69, 9.17) is 5.73 Å². The third-order valence-electron chi connectivity index (χ3n) is 1.87. The largest absolute Gasteiger partial charge is 0.329 e. The Labute approximate surface area is 63.8 Å². The van der Waals surface area contributed by atoms with Crippen molar-refractivity contribution in [3.05, 3.63) is 0 Å². The fraction of sp³-hybridized carbons (Fsp3) is 1.00. The van der Waals surface area contributed by atoms with Gasteiger partial charge in [0, 0.05) is 13.1 Å². The first-order valence-corrected chi connectivity index (χ1v) is 3.66. The summed E-state index contributed by atoms with van der Waals surface area (Å²) in [5, 5.41) is 0. The molecule has 0 aromatic rings. The topological polar surface area (TPSA) is 32.5 Å². The minimum absolute atomic E-state index is 0.476. The average Bonchev–Trinajstić information content (AvgIpc) is 1.87. The van der Waals surface area contributed by atoms with Gasteiger partial charge in [-0.25, -0.2) is 0 Å². The molecule has 0 aliphatic heterocycles. The lowest BCUT2D eigenvalue weighted by molar-refractivity contribution is 0.124. The summed E-state index contributed by atoms with van der Waals surface area (Å²) < 4.78 is 0. The molecule has 62 valence electrons. The molecule has 0 spiro atoms. The maximum Gasteiger partial charge on any atom is 0.0586 e. The predicted molar refractivity (Wildman–Crippen MR) is 44.8 cm³/mol. The van der Waals surface area contributed by atoms with Crippen LogP contribution in [0, 0.1) is 0 Å². The van der Waals surface area contributed by atoms with Crippen LogP contribution in [0.3, 0.4) is 0 Å². The van der Waals surface area contributed by atoms with E-state index >= 15 is 0 Å². The van der Waals surface area contributed by atoms with E-state index in [1.807, 2.05) is 0 Å². The SMILES string of the molecule is CC(N(C)C)N(C)CCN. The molecule has 0 saturated heterocycles. The fourth-order valence-corrected chi connectivity index (χ4v) is 0.785. The molecule has 0 aliphatic rings. The number of hydrogen-bond donors (Lipinski definition) is 1. The number of nitrogens with zero attached hydrogens (tertiary/aromatic N) is 2. The van der Waals surface area contributed by atoms with E-state index in [1.54, 1.807) is 0 Å². The molecule has 0 saturated carbocycles. The number of nitrogens with two attached hydrogens (primary N) is 1. The average molecular weight is 145 g/mol. The Balaban J connectivity index is 3.58. The van der Waals surface area contributed by atoms with Gasteiger partial charge in [0.1, 0.15) is 0 Å². The molecular weight excluding hydrogens is 126 g/mol. The molecule has 0 aromatic carbocycles. The normalized spacial score (nSPS) is 14.7. The van der Waals surface area contributed by atoms with E-state index in [9.17, 15) is 0 Å². The molecule has 1 atom stereocenters. The van der Waals surface area contributed by atoms with Crippen molar-refractivity contribution in [2.45, 2.75) is 13.1 Å². The van der Waals surface area contributed by atoms with Gasteiger partial charge in [-0.1, -0.05) is 0 Å². The van der Waals surface area contributed by atoms with Crippen LogP contribution >= 0.6 is 0 Å². The minimum atomic E-state index is 0.476. The standard InChI is InChI=1S/C7H19N3/c1-7(9(2)3)10(4)6-5-8/h7H,5-6,8H2,1-4H3. The summed E-state index contributed by atoms with van der Waals surface area (Å²) in [5.74, 6) is 0. The van der Waals surface area contributed by atoms with Gasteiger partial charge in [-0.2, -0.15) is 0 Å². The first-order valence-electron chi connectivity index (χ1n) is 3.66. The first-order chi connectivity index (χ1) is 4.59. The van der Waals surface area contributed by atoms with Crippen molar-refractivity contribution in [3.63, 3.8) is 0 Å². The molecule has 0 bridgehead atoms. The van der Waals surface area contributed by atoms with Gasteiger partial charge >= 0.3 is 0 Å². The van der Waals surface area contributed by atoms with E-state index in [2.05, 4.69) is 37.9 Å². The van der Waals surface area contributed by atoms with E-state index in [-0.39, 0.29) is 0 Å². The predicted octanol–water partition coefficient (Wildman–Crippen LogP) is -0.215. The van der Waals surface area contributed by atoms with Crippen molar-refractivity contribution in [2.24, 2.45) is 5.73 Å². The van der Waals surface area contributed by atoms with Crippen LogP contribution in [0.2, 0.25) is 0 Å². The van der Waals surface area contributed by atoms with Crippen LogP contribution in [0.1, 0.15) is 6.92 Å². The van der Waals surface area contributed by atoms with Crippen LogP contribution in [-0.4, -0.2) is 50.2 Å². The highest BCUT2D eigenvalue weighted by Gasteiger charge is 2.08. The smallest absolute Gasteiger partial charge is 0.0586 e. The Kier molecular flexibility index (Phi) is 4.60. The Morgan fingerprint density at radius 3 is 2.10 bits per heavy atom. The van der Waals surface area contributed by atoms with E-state index in [0.29, 0.717) is 6.17 Å². The van der Waals surface area contributed by atoms with Gasteiger partial charge in [0.25, 0.3) is 0 Å². The van der Waals surface area contributed by atoms with Gasteiger partial charge in [0.15, 0.2) is 0 Å². The molecule has 3 heteroatoms. The van der Waals surface area contributed by atoms with E-state index < -0.39 is 0 Å². The summed E-state index contributed by atoms with van der Waals surface area (Å²) in [5.41, 5.74) is 5.41.